The summed E-state index contributed by atoms with van der Waals surface area (Å²) in [6.45, 7) is 2.20. The molecule has 1 heterocycles. The predicted octanol–water partition coefficient (Wildman–Crippen LogP) is 4.07. The molecule has 0 aromatic heterocycles. The molecule has 0 bridgehead atoms. The second kappa shape index (κ2) is 6.93. The van der Waals surface area contributed by atoms with Crippen molar-refractivity contribution < 1.29 is 14.4 Å². The van der Waals surface area contributed by atoms with Crippen molar-refractivity contribution in [2.24, 2.45) is 0 Å². The molecule has 132 valence electrons. The summed E-state index contributed by atoms with van der Waals surface area (Å²) in [5.74, 6) is -1.28. The van der Waals surface area contributed by atoms with Gasteiger partial charge in [0.05, 0.1) is 26.7 Å². The molecule has 0 spiro atoms. The van der Waals surface area contributed by atoms with Gasteiger partial charge in [-0.25, -0.2) is 4.39 Å². The highest BCUT2D eigenvalue weighted by Gasteiger charge is 2.24. The number of rotatable bonds is 3. The maximum atomic E-state index is 14.2. The fourth-order valence-corrected chi connectivity index (χ4v) is 3.11. The Labute approximate surface area is 153 Å². The van der Waals surface area contributed by atoms with E-state index in [0.717, 1.165) is 17.8 Å². The van der Waals surface area contributed by atoms with Gasteiger partial charge >= 0.3 is 5.69 Å². The van der Waals surface area contributed by atoms with Crippen LogP contribution < -0.4 is 9.80 Å². The fourth-order valence-electron chi connectivity index (χ4n) is 2.82. The third-order valence-electron chi connectivity index (χ3n) is 4.13. The molecule has 1 N–H and O–H groups in total. The van der Waals surface area contributed by atoms with Crippen LogP contribution in [-0.2, 0) is 0 Å². The molecule has 6 nitrogen and oxygen atoms in total. The summed E-state index contributed by atoms with van der Waals surface area (Å²) in [6.07, 6.45) is 0. The Bertz CT molecular complexity index is 827. The van der Waals surface area contributed by atoms with E-state index in [2.05, 4.69) is 4.90 Å². The molecule has 9 heteroatoms. The third-order valence-corrected chi connectivity index (χ3v) is 4.87. The van der Waals surface area contributed by atoms with Crippen LogP contribution in [0.4, 0.5) is 21.5 Å². The lowest BCUT2D eigenvalue weighted by atomic mass is 10.2. The molecular formula is C16H14Cl2FN3O3. The standard InChI is InChI=1S/C16H14Cl2FN3O3/c17-11-2-1-10(7-12(11)18)20-3-5-21(6-4-20)14-9-16(23)15(22(24)25)8-13(14)19/h1-2,7-9,23H,3-6H2. The van der Waals surface area contributed by atoms with Crippen molar-refractivity contribution in [1.82, 2.24) is 0 Å². The molecule has 25 heavy (non-hydrogen) atoms. The van der Waals surface area contributed by atoms with Gasteiger partial charge in [0.15, 0.2) is 11.6 Å². The topological polar surface area (TPSA) is 69.9 Å². The van der Waals surface area contributed by atoms with Crippen LogP contribution in [0.2, 0.25) is 10.0 Å². The van der Waals surface area contributed by atoms with Crippen LogP contribution in [0.1, 0.15) is 0 Å². The van der Waals surface area contributed by atoms with E-state index in [1.165, 1.54) is 0 Å². The molecule has 1 fully saturated rings. The summed E-state index contributed by atoms with van der Waals surface area (Å²) in [4.78, 5) is 13.8. The summed E-state index contributed by atoms with van der Waals surface area (Å²) < 4.78 is 14.2. The highest BCUT2D eigenvalue weighted by atomic mass is 35.5. The number of aromatic hydroxyl groups is 1. The number of nitro benzene ring substituents is 1. The molecule has 0 radical (unpaired) electrons. The van der Waals surface area contributed by atoms with Gasteiger partial charge in [-0.2, -0.15) is 0 Å². The molecule has 1 aliphatic heterocycles. The normalized spacial score (nSPS) is 14.7. The van der Waals surface area contributed by atoms with Crippen molar-refractivity contribution >= 4 is 40.3 Å². The Balaban J connectivity index is 1.75. The van der Waals surface area contributed by atoms with Gasteiger partial charge < -0.3 is 14.9 Å². The maximum absolute atomic E-state index is 14.2. The van der Waals surface area contributed by atoms with E-state index in [0.29, 0.717) is 36.2 Å². The largest absolute Gasteiger partial charge is 0.502 e. The van der Waals surface area contributed by atoms with E-state index in [1.807, 2.05) is 6.07 Å². The number of nitrogens with zero attached hydrogens (tertiary/aromatic N) is 3. The van der Waals surface area contributed by atoms with Crippen LogP contribution in [0.15, 0.2) is 30.3 Å². The van der Waals surface area contributed by atoms with Crippen LogP contribution in [0.3, 0.4) is 0 Å². The van der Waals surface area contributed by atoms with Gasteiger partial charge in [-0.05, 0) is 18.2 Å². The molecule has 1 aliphatic rings. The number of hydrogen-bond acceptors (Lipinski definition) is 5. The molecular weight excluding hydrogens is 372 g/mol. The Morgan fingerprint density at radius 3 is 2.28 bits per heavy atom. The summed E-state index contributed by atoms with van der Waals surface area (Å²) >= 11 is 12.0. The van der Waals surface area contributed by atoms with E-state index >= 15 is 0 Å². The van der Waals surface area contributed by atoms with Crippen molar-refractivity contribution in [1.29, 1.82) is 0 Å². The maximum Gasteiger partial charge on any atom is 0.313 e. The SMILES string of the molecule is O=[N+]([O-])c1cc(F)c(N2CCN(c3ccc(Cl)c(Cl)c3)CC2)cc1O. The highest BCUT2D eigenvalue weighted by molar-refractivity contribution is 6.42. The summed E-state index contributed by atoms with van der Waals surface area (Å²) in [5, 5.41) is 21.4. The van der Waals surface area contributed by atoms with Crippen molar-refractivity contribution in [3.63, 3.8) is 0 Å². The molecule has 3 rings (SSSR count). The Hall–Kier alpha value is -2.25. The average molecular weight is 386 g/mol. The zero-order valence-corrected chi connectivity index (χ0v) is 14.5. The van der Waals surface area contributed by atoms with Crippen LogP contribution >= 0.6 is 23.2 Å². The van der Waals surface area contributed by atoms with Gasteiger partial charge in [-0.15, -0.1) is 0 Å². The third kappa shape index (κ3) is 3.57. The highest BCUT2D eigenvalue weighted by Crippen LogP contribution is 2.34. The van der Waals surface area contributed by atoms with Crippen molar-refractivity contribution in [2.75, 3.05) is 36.0 Å². The Kier molecular flexibility index (Phi) is 4.87. The van der Waals surface area contributed by atoms with Crippen molar-refractivity contribution in [3.8, 4) is 5.75 Å². The summed E-state index contributed by atoms with van der Waals surface area (Å²) in [5.41, 5.74) is 0.425. The predicted molar refractivity (Wildman–Crippen MR) is 95.6 cm³/mol. The van der Waals surface area contributed by atoms with Gasteiger partial charge in [0, 0.05) is 37.9 Å². The molecule has 0 saturated carbocycles. The van der Waals surface area contributed by atoms with Crippen LogP contribution in [0.25, 0.3) is 0 Å². The smallest absolute Gasteiger partial charge is 0.313 e. The molecule has 1 saturated heterocycles. The van der Waals surface area contributed by atoms with Gasteiger partial charge in [0.1, 0.15) is 0 Å². The fraction of sp³-hybridized carbons (Fsp3) is 0.250. The number of benzene rings is 2. The lowest BCUT2D eigenvalue weighted by molar-refractivity contribution is -0.386. The van der Waals surface area contributed by atoms with E-state index in [1.54, 1.807) is 17.0 Å². The number of phenolic OH excluding ortho intramolecular Hbond substituents is 1. The number of piperazine rings is 1. The van der Waals surface area contributed by atoms with E-state index in [4.69, 9.17) is 23.2 Å². The number of hydrogen-bond donors (Lipinski definition) is 1. The molecule has 0 aliphatic carbocycles. The summed E-state index contributed by atoms with van der Waals surface area (Å²) in [6, 6.07) is 7.21. The summed E-state index contributed by atoms with van der Waals surface area (Å²) in [7, 11) is 0. The Morgan fingerprint density at radius 2 is 1.68 bits per heavy atom. The zero-order chi connectivity index (χ0) is 18.1. The minimum absolute atomic E-state index is 0.150. The lowest BCUT2D eigenvalue weighted by Crippen LogP contribution is -2.46. The Morgan fingerprint density at radius 1 is 1.04 bits per heavy atom. The second-order valence-electron chi connectivity index (χ2n) is 5.62. The monoisotopic (exact) mass is 385 g/mol. The van der Waals surface area contributed by atoms with Gasteiger partial charge in [0.2, 0.25) is 0 Å². The first-order valence-electron chi connectivity index (χ1n) is 7.48. The van der Waals surface area contributed by atoms with Crippen molar-refractivity contribution in [2.45, 2.75) is 0 Å². The molecule has 0 amide bonds. The van der Waals surface area contributed by atoms with E-state index < -0.39 is 22.2 Å². The van der Waals surface area contributed by atoms with Crippen LogP contribution in [0.5, 0.6) is 5.75 Å². The number of nitro groups is 1. The van der Waals surface area contributed by atoms with E-state index in [-0.39, 0.29) is 5.69 Å². The molecule has 0 atom stereocenters. The van der Waals surface area contributed by atoms with Gasteiger partial charge in [-0.1, -0.05) is 23.2 Å². The minimum Gasteiger partial charge on any atom is -0.502 e. The lowest BCUT2D eigenvalue weighted by Gasteiger charge is -2.37. The first-order valence-corrected chi connectivity index (χ1v) is 8.24. The number of halogens is 3. The second-order valence-corrected chi connectivity index (χ2v) is 6.44. The zero-order valence-electron chi connectivity index (χ0n) is 13.0. The number of anilines is 2. The minimum atomic E-state index is -0.815. The molecule has 0 unspecified atom stereocenters. The molecule has 2 aromatic rings. The molecule has 2 aromatic carbocycles. The van der Waals surface area contributed by atoms with Gasteiger partial charge in [-0.3, -0.25) is 10.1 Å². The van der Waals surface area contributed by atoms with Gasteiger partial charge in [0.25, 0.3) is 0 Å². The first kappa shape index (κ1) is 17.6. The number of phenols is 1. The first-order chi connectivity index (χ1) is 11.9. The quantitative estimate of drug-likeness (QED) is 0.636. The average Bonchev–Trinajstić information content (AvgIpc) is 2.59. The van der Waals surface area contributed by atoms with Crippen LogP contribution in [0, 0.1) is 15.9 Å². The van der Waals surface area contributed by atoms with Crippen molar-refractivity contribution in [3.05, 3.63) is 56.3 Å². The van der Waals surface area contributed by atoms with E-state index in [9.17, 15) is 19.6 Å². The van der Waals surface area contributed by atoms with Crippen LogP contribution in [-0.4, -0.2) is 36.2 Å².